The van der Waals surface area contributed by atoms with Gasteiger partial charge in [-0.1, -0.05) is 19.1 Å². The first-order valence-electron chi connectivity index (χ1n) is 10.1. The summed E-state index contributed by atoms with van der Waals surface area (Å²) in [5, 5.41) is 5.92. The number of carbonyl (C=O) groups is 2. The fourth-order valence-corrected chi connectivity index (χ4v) is 3.74. The SMILES string of the molecule is CCC(=O)NC[C@H]1c2cc(OC)c(OC)cc2CCN1C(=O)Nc1cccc(C)c1. The topological polar surface area (TPSA) is 79.9 Å². The van der Waals surface area contributed by atoms with E-state index in [1.54, 1.807) is 26.0 Å². The second-order valence-electron chi connectivity index (χ2n) is 7.32. The summed E-state index contributed by atoms with van der Waals surface area (Å²) in [7, 11) is 3.19. The number of ether oxygens (including phenoxy) is 2. The van der Waals surface area contributed by atoms with Gasteiger partial charge in [0.1, 0.15) is 0 Å². The van der Waals surface area contributed by atoms with Crippen molar-refractivity contribution in [2.24, 2.45) is 0 Å². The maximum Gasteiger partial charge on any atom is 0.322 e. The number of aryl methyl sites for hydroxylation is 1. The van der Waals surface area contributed by atoms with Gasteiger partial charge in [0, 0.05) is 25.2 Å². The summed E-state index contributed by atoms with van der Waals surface area (Å²) in [6.07, 6.45) is 1.08. The minimum atomic E-state index is -0.311. The molecule has 3 rings (SSSR count). The predicted octanol–water partition coefficient (Wildman–Crippen LogP) is 3.67. The van der Waals surface area contributed by atoms with Gasteiger partial charge in [-0.05, 0) is 54.3 Å². The number of carbonyl (C=O) groups excluding carboxylic acids is 2. The summed E-state index contributed by atoms with van der Waals surface area (Å²) < 4.78 is 10.9. The summed E-state index contributed by atoms with van der Waals surface area (Å²) in [4.78, 5) is 26.8. The van der Waals surface area contributed by atoms with Gasteiger partial charge in [0.05, 0.1) is 20.3 Å². The van der Waals surface area contributed by atoms with Crippen molar-refractivity contribution in [1.82, 2.24) is 10.2 Å². The van der Waals surface area contributed by atoms with Crippen molar-refractivity contribution in [2.75, 3.05) is 32.6 Å². The van der Waals surface area contributed by atoms with Crippen LogP contribution in [-0.2, 0) is 11.2 Å². The van der Waals surface area contributed by atoms with Gasteiger partial charge in [0.2, 0.25) is 5.91 Å². The van der Waals surface area contributed by atoms with Crippen molar-refractivity contribution in [3.05, 3.63) is 53.1 Å². The molecular weight excluding hydrogens is 382 g/mol. The van der Waals surface area contributed by atoms with E-state index in [0.717, 1.165) is 22.4 Å². The lowest BCUT2D eigenvalue weighted by atomic mass is 9.91. The highest BCUT2D eigenvalue weighted by molar-refractivity contribution is 5.90. The highest BCUT2D eigenvalue weighted by atomic mass is 16.5. The Bertz CT molecular complexity index is 929. The third-order valence-electron chi connectivity index (χ3n) is 5.35. The number of methoxy groups -OCH3 is 2. The number of benzene rings is 2. The van der Waals surface area contributed by atoms with Crippen molar-refractivity contribution in [2.45, 2.75) is 32.7 Å². The summed E-state index contributed by atoms with van der Waals surface area (Å²) in [5.74, 6) is 1.20. The molecule has 160 valence electrons. The molecule has 3 amide bonds. The number of hydrogen-bond donors (Lipinski definition) is 2. The molecule has 0 radical (unpaired) electrons. The lowest BCUT2D eigenvalue weighted by Gasteiger charge is -2.38. The van der Waals surface area contributed by atoms with Crippen molar-refractivity contribution < 1.29 is 19.1 Å². The Labute approximate surface area is 177 Å². The molecule has 2 aromatic rings. The molecule has 2 aromatic carbocycles. The Morgan fingerprint density at radius 2 is 1.87 bits per heavy atom. The molecule has 0 fully saturated rings. The van der Waals surface area contributed by atoms with Crippen LogP contribution in [0.15, 0.2) is 36.4 Å². The quantitative estimate of drug-likeness (QED) is 0.760. The number of hydrogen-bond acceptors (Lipinski definition) is 4. The molecule has 1 heterocycles. The van der Waals surface area contributed by atoms with E-state index in [2.05, 4.69) is 10.6 Å². The number of nitrogens with zero attached hydrogens (tertiary/aromatic N) is 1. The third-order valence-corrected chi connectivity index (χ3v) is 5.35. The zero-order valence-corrected chi connectivity index (χ0v) is 18.0. The molecule has 7 nitrogen and oxygen atoms in total. The van der Waals surface area contributed by atoms with Crippen LogP contribution < -0.4 is 20.1 Å². The Morgan fingerprint density at radius 3 is 2.53 bits per heavy atom. The van der Waals surface area contributed by atoms with Gasteiger partial charge in [0.25, 0.3) is 0 Å². The normalized spacial score (nSPS) is 15.2. The highest BCUT2D eigenvalue weighted by Gasteiger charge is 2.32. The number of fused-ring (bicyclic) bond motifs is 1. The zero-order chi connectivity index (χ0) is 21.7. The van der Waals surface area contributed by atoms with E-state index in [4.69, 9.17) is 9.47 Å². The highest BCUT2D eigenvalue weighted by Crippen LogP contribution is 2.38. The Morgan fingerprint density at radius 1 is 1.13 bits per heavy atom. The average Bonchev–Trinajstić information content (AvgIpc) is 2.75. The molecule has 0 bridgehead atoms. The van der Waals surface area contributed by atoms with E-state index < -0.39 is 0 Å². The first-order chi connectivity index (χ1) is 14.5. The third kappa shape index (κ3) is 4.67. The van der Waals surface area contributed by atoms with Crippen LogP contribution in [0.5, 0.6) is 11.5 Å². The molecule has 1 aliphatic heterocycles. The first-order valence-corrected chi connectivity index (χ1v) is 10.1. The molecule has 1 aliphatic rings. The van der Waals surface area contributed by atoms with Crippen molar-refractivity contribution in [3.63, 3.8) is 0 Å². The Hall–Kier alpha value is -3.22. The van der Waals surface area contributed by atoms with E-state index in [1.165, 1.54) is 0 Å². The summed E-state index contributed by atoms with van der Waals surface area (Å²) in [6.45, 7) is 4.65. The van der Waals surface area contributed by atoms with Crippen molar-refractivity contribution in [1.29, 1.82) is 0 Å². The van der Waals surface area contributed by atoms with E-state index in [9.17, 15) is 9.59 Å². The van der Waals surface area contributed by atoms with E-state index in [0.29, 0.717) is 37.4 Å². The van der Waals surface area contributed by atoms with Gasteiger partial charge < -0.3 is 25.0 Å². The van der Waals surface area contributed by atoms with Gasteiger partial charge >= 0.3 is 6.03 Å². The lowest BCUT2D eigenvalue weighted by molar-refractivity contribution is -0.121. The van der Waals surface area contributed by atoms with E-state index >= 15 is 0 Å². The maximum atomic E-state index is 13.1. The molecule has 0 aromatic heterocycles. The van der Waals surface area contributed by atoms with Gasteiger partial charge in [-0.15, -0.1) is 0 Å². The van der Waals surface area contributed by atoms with Crippen LogP contribution in [0.25, 0.3) is 0 Å². The molecule has 0 aliphatic carbocycles. The molecule has 0 saturated heterocycles. The molecule has 1 atom stereocenters. The van der Waals surface area contributed by atoms with E-state index in [1.807, 2.05) is 43.3 Å². The van der Waals surface area contributed by atoms with Crippen LogP contribution in [0.3, 0.4) is 0 Å². The van der Waals surface area contributed by atoms with Crippen LogP contribution in [0.2, 0.25) is 0 Å². The van der Waals surface area contributed by atoms with Crippen LogP contribution in [0.4, 0.5) is 10.5 Å². The zero-order valence-electron chi connectivity index (χ0n) is 18.0. The average molecular weight is 412 g/mol. The largest absolute Gasteiger partial charge is 0.493 e. The van der Waals surface area contributed by atoms with Crippen molar-refractivity contribution in [3.8, 4) is 11.5 Å². The number of urea groups is 1. The Kier molecular flexibility index (Phi) is 6.82. The number of rotatable bonds is 6. The van der Waals surface area contributed by atoms with Crippen LogP contribution in [0, 0.1) is 6.92 Å². The fourth-order valence-electron chi connectivity index (χ4n) is 3.74. The molecule has 0 unspecified atom stereocenters. The van der Waals surface area contributed by atoms with Crippen LogP contribution in [0.1, 0.15) is 36.1 Å². The van der Waals surface area contributed by atoms with Crippen molar-refractivity contribution >= 4 is 17.6 Å². The molecule has 7 heteroatoms. The predicted molar refractivity (Wildman–Crippen MR) is 116 cm³/mol. The number of amides is 3. The molecule has 2 N–H and O–H groups in total. The monoisotopic (exact) mass is 411 g/mol. The number of nitrogens with one attached hydrogen (secondary N) is 2. The van der Waals surface area contributed by atoms with Crippen LogP contribution >= 0.6 is 0 Å². The molecule has 0 spiro atoms. The maximum absolute atomic E-state index is 13.1. The smallest absolute Gasteiger partial charge is 0.322 e. The van der Waals surface area contributed by atoms with Gasteiger partial charge in [0.15, 0.2) is 11.5 Å². The minimum absolute atomic E-state index is 0.0540. The fraction of sp³-hybridized carbons (Fsp3) is 0.391. The molecule has 30 heavy (non-hydrogen) atoms. The second kappa shape index (κ2) is 9.52. The lowest BCUT2D eigenvalue weighted by Crippen LogP contribution is -2.46. The number of anilines is 1. The van der Waals surface area contributed by atoms with Gasteiger partial charge in [-0.3, -0.25) is 4.79 Å². The first kappa shape index (κ1) is 21.5. The molecule has 0 saturated carbocycles. The Balaban J connectivity index is 1.92. The van der Waals surface area contributed by atoms with E-state index in [-0.39, 0.29) is 18.0 Å². The second-order valence-corrected chi connectivity index (χ2v) is 7.32. The summed E-state index contributed by atoms with van der Waals surface area (Å²) in [5.41, 5.74) is 3.85. The van der Waals surface area contributed by atoms with Gasteiger partial charge in [-0.2, -0.15) is 0 Å². The molecular formula is C23H29N3O4. The minimum Gasteiger partial charge on any atom is -0.493 e. The standard InChI is InChI=1S/C23H29N3O4/c1-5-22(27)24-14-19-18-13-21(30-4)20(29-3)12-16(18)9-10-26(19)23(28)25-17-8-6-7-15(2)11-17/h6-8,11-13,19H,5,9-10,14H2,1-4H3,(H,24,27)(H,25,28)/t19-/m0/s1. The van der Waals surface area contributed by atoms with Crippen LogP contribution in [-0.4, -0.2) is 44.1 Å². The summed E-state index contributed by atoms with van der Waals surface area (Å²) in [6, 6.07) is 11.0. The summed E-state index contributed by atoms with van der Waals surface area (Å²) >= 11 is 0. The van der Waals surface area contributed by atoms with Gasteiger partial charge in [-0.25, -0.2) is 4.79 Å².